The number of hydrogen-bond acceptors (Lipinski definition) is 3. The maximum Gasteiger partial charge on any atom is 0.120 e. The third-order valence-corrected chi connectivity index (χ3v) is 4.01. The molecule has 0 saturated carbocycles. The van der Waals surface area contributed by atoms with Gasteiger partial charge in [-0.25, -0.2) is 0 Å². The van der Waals surface area contributed by atoms with Gasteiger partial charge < -0.3 is 10.1 Å². The molecule has 3 heteroatoms. The van der Waals surface area contributed by atoms with E-state index in [1.165, 1.54) is 11.1 Å². The second-order valence-corrected chi connectivity index (χ2v) is 5.85. The molecule has 0 aliphatic heterocycles. The average molecular weight is 306 g/mol. The molecular formula is C20H22N2O. The van der Waals surface area contributed by atoms with Crippen molar-refractivity contribution in [2.24, 2.45) is 0 Å². The number of ether oxygens (including phenoxy) is 1. The largest absolute Gasteiger partial charge is 0.494 e. The number of rotatable bonds is 4. The van der Waals surface area contributed by atoms with E-state index < -0.39 is 0 Å². The molecule has 3 rings (SSSR count). The van der Waals surface area contributed by atoms with Crippen LogP contribution in [-0.2, 0) is 0 Å². The molecule has 0 unspecified atom stereocenters. The first-order valence-electron chi connectivity index (χ1n) is 7.95. The molecule has 0 aliphatic rings. The van der Waals surface area contributed by atoms with Crippen molar-refractivity contribution < 1.29 is 4.74 Å². The van der Waals surface area contributed by atoms with E-state index in [0.717, 1.165) is 33.7 Å². The lowest BCUT2D eigenvalue weighted by atomic mass is 10.1. The first kappa shape index (κ1) is 15.3. The van der Waals surface area contributed by atoms with Gasteiger partial charge in [0.1, 0.15) is 5.75 Å². The van der Waals surface area contributed by atoms with Crippen LogP contribution in [0.3, 0.4) is 0 Å². The second kappa shape index (κ2) is 6.29. The fourth-order valence-corrected chi connectivity index (χ4v) is 2.67. The van der Waals surface area contributed by atoms with Crippen LogP contribution >= 0.6 is 0 Å². The SMILES string of the molecule is CCOc1ccc2nc(C)cc(Nc3ccc(C)c(C)c3)c2c1. The Bertz CT molecular complexity index is 856. The molecule has 0 atom stereocenters. The van der Waals surface area contributed by atoms with E-state index in [0.29, 0.717) is 6.61 Å². The average Bonchev–Trinajstić information content (AvgIpc) is 2.52. The lowest BCUT2D eigenvalue weighted by Crippen LogP contribution is -1.97. The number of pyridine rings is 1. The molecular weight excluding hydrogens is 284 g/mol. The predicted molar refractivity (Wildman–Crippen MR) is 96.8 cm³/mol. The summed E-state index contributed by atoms with van der Waals surface area (Å²) in [7, 11) is 0. The zero-order valence-corrected chi connectivity index (χ0v) is 14.1. The van der Waals surface area contributed by atoms with E-state index in [1.807, 2.05) is 26.0 Å². The number of anilines is 2. The fourth-order valence-electron chi connectivity index (χ4n) is 2.67. The van der Waals surface area contributed by atoms with Crippen LogP contribution < -0.4 is 10.1 Å². The van der Waals surface area contributed by atoms with Crippen molar-refractivity contribution in [2.75, 3.05) is 11.9 Å². The number of aryl methyl sites for hydroxylation is 3. The van der Waals surface area contributed by atoms with Gasteiger partial charge in [0.25, 0.3) is 0 Å². The van der Waals surface area contributed by atoms with Crippen molar-refractivity contribution in [3.63, 3.8) is 0 Å². The van der Waals surface area contributed by atoms with Gasteiger partial charge in [-0.3, -0.25) is 4.98 Å². The van der Waals surface area contributed by atoms with Gasteiger partial charge in [-0.05, 0) is 75.2 Å². The summed E-state index contributed by atoms with van der Waals surface area (Å²) >= 11 is 0. The van der Waals surface area contributed by atoms with Crippen LogP contribution in [0.1, 0.15) is 23.7 Å². The molecule has 0 saturated heterocycles. The fraction of sp³-hybridized carbons (Fsp3) is 0.250. The van der Waals surface area contributed by atoms with Crippen molar-refractivity contribution in [1.82, 2.24) is 4.98 Å². The Hall–Kier alpha value is -2.55. The molecule has 0 spiro atoms. The number of hydrogen-bond donors (Lipinski definition) is 1. The third-order valence-electron chi connectivity index (χ3n) is 4.01. The van der Waals surface area contributed by atoms with E-state index in [2.05, 4.69) is 54.5 Å². The molecule has 1 aromatic heterocycles. The van der Waals surface area contributed by atoms with Crippen molar-refractivity contribution in [3.8, 4) is 5.75 Å². The van der Waals surface area contributed by atoms with E-state index in [1.54, 1.807) is 0 Å². The third kappa shape index (κ3) is 3.29. The molecule has 0 amide bonds. The Morgan fingerprint density at radius 1 is 0.957 bits per heavy atom. The minimum Gasteiger partial charge on any atom is -0.494 e. The van der Waals surface area contributed by atoms with Crippen molar-refractivity contribution in [2.45, 2.75) is 27.7 Å². The molecule has 0 radical (unpaired) electrons. The number of fused-ring (bicyclic) bond motifs is 1. The standard InChI is InChI=1S/C20H22N2O/c1-5-23-17-8-9-19-18(12-17)20(11-15(4)21-19)22-16-7-6-13(2)14(3)10-16/h6-12H,5H2,1-4H3,(H,21,22). The zero-order chi connectivity index (χ0) is 16.4. The van der Waals surface area contributed by atoms with Gasteiger partial charge in [0.2, 0.25) is 0 Å². The Morgan fingerprint density at radius 2 is 1.78 bits per heavy atom. The maximum absolute atomic E-state index is 5.63. The normalized spacial score (nSPS) is 10.8. The lowest BCUT2D eigenvalue weighted by molar-refractivity contribution is 0.340. The molecule has 1 N–H and O–H groups in total. The van der Waals surface area contributed by atoms with Crippen LogP contribution in [0.5, 0.6) is 5.75 Å². The van der Waals surface area contributed by atoms with Gasteiger partial charge in [-0.2, -0.15) is 0 Å². The molecule has 118 valence electrons. The Balaban J connectivity index is 2.07. The molecule has 0 fully saturated rings. The van der Waals surface area contributed by atoms with Crippen LogP contribution in [0.15, 0.2) is 42.5 Å². The second-order valence-electron chi connectivity index (χ2n) is 5.85. The highest BCUT2D eigenvalue weighted by molar-refractivity contribution is 5.94. The summed E-state index contributed by atoms with van der Waals surface area (Å²) in [6.45, 7) is 8.92. The minimum absolute atomic E-state index is 0.657. The lowest BCUT2D eigenvalue weighted by Gasteiger charge is -2.13. The van der Waals surface area contributed by atoms with E-state index in [4.69, 9.17) is 4.74 Å². The van der Waals surface area contributed by atoms with Gasteiger partial charge in [0.05, 0.1) is 12.1 Å². The summed E-state index contributed by atoms with van der Waals surface area (Å²) < 4.78 is 5.63. The van der Waals surface area contributed by atoms with Crippen LogP contribution in [-0.4, -0.2) is 11.6 Å². The summed E-state index contributed by atoms with van der Waals surface area (Å²) in [6.07, 6.45) is 0. The molecule has 23 heavy (non-hydrogen) atoms. The number of aromatic nitrogens is 1. The van der Waals surface area contributed by atoms with Gasteiger partial charge in [-0.15, -0.1) is 0 Å². The van der Waals surface area contributed by atoms with Crippen LogP contribution in [0, 0.1) is 20.8 Å². The molecule has 3 nitrogen and oxygen atoms in total. The Morgan fingerprint density at radius 3 is 2.52 bits per heavy atom. The van der Waals surface area contributed by atoms with Crippen LogP contribution in [0.25, 0.3) is 10.9 Å². The topological polar surface area (TPSA) is 34.1 Å². The first-order chi connectivity index (χ1) is 11.1. The van der Waals surface area contributed by atoms with Crippen LogP contribution in [0.4, 0.5) is 11.4 Å². The number of nitrogens with one attached hydrogen (secondary N) is 1. The highest BCUT2D eigenvalue weighted by Gasteiger charge is 2.07. The quantitative estimate of drug-likeness (QED) is 0.710. The van der Waals surface area contributed by atoms with E-state index in [-0.39, 0.29) is 0 Å². The highest BCUT2D eigenvalue weighted by Crippen LogP contribution is 2.30. The van der Waals surface area contributed by atoms with E-state index >= 15 is 0 Å². The van der Waals surface area contributed by atoms with Gasteiger partial charge in [0, 0.05) is 22.5 Å². The minimum atomic E-state index is 0.657. The van der Waals surface area contributed by atoms with Crippen molar-refractivity contribution in [1.29, 1.82) is 0 Å². The maximum atomic E-state index is 5.63. The molecule has 3 aromatic rings. The number of nitrogens with zero attached hydrogens (tertiary/aromatic N) is 1. The zero-order valence-electron chi connectivity index (χ0n) is 14.1. The summed E-state index contributed by atoms with van der Waals surface area (Å²) in [5.74, 6) is 0.869. The van der Waals surface area contributed by atoms with Crippen molar-refractivity contribution in [3.05, 3.63) is 59.3 Å². The summed E-state index contributed by atoms with van der Waals surface area (Å²) in [5.41, 5.74) is 6.68. The number of benzene rings is 2. The Kier molecular flexibility index (Phi) is 4.20. The van der Waals surface area contributed by atoms with Gasteiger partial charge in [0.15, 0.2) is 0 Å². The van der Waals surface area contributed by atoms with E-state index in [9.17, 15) is 0 Å². The highest BCUT2D eigenvalue weighted by atomic mass is 16.5. The van der Waals surface area contributed by atoms with Gasteiger partial charge in [-0.1, -0.05) is 6.07 Å². The monoisotopic (exact) mass is 306 g/mol. The first-order valence-corrected chi connectivity index (χ1v) is 7.95. The van der Waals surface area contributed by atoms with Crippen LogP contribution in [0.2, 0.25) is 0 Å². The summed E-state index contributed by atoms with van der Waals surface area (Å²) in [6, 6.07) is 14.5. The molecule has 2 aromatic carbocycles. The molecule has 1 heterocycles. The predicted octanol–water partition coefficient (Wildman–Crippen LogP) is 5.30. The Labute approximate surface area is 137 Å². The van der Waals surface area contributed by atoms with Crippen molar-refractivity contribution >= 4 is 22.3 Å². The van der Waals surface area contributed by atoms with Gasteiger partial charge >= 0.3 is 0 Å². The molecule has 0 aliphatic carbocycles. The smallest absolute Gasteiger partial charge is 0.120 e. The summed E-state index contributed by atoms with van der Waals surface area (Å²) in [5, 5.41) is 4.60. The summed E-state index contributed by atoms with van der Waals surface area (Å²) in [4.78, 5) is 4.62. The molecule has 0 bridgehead atoms.